The molecule has 1 unspecified atom stereocenters. The fraction of sp³-hybridized carbons (Fsp3) is 0.533. The molecule has 0 N–H and O–H groups in total. The van der Waals surface area contributed by atoms with Crippen LogP contribution < -0.4 is 0 Å². The summed E-state index contributed by atoms with van der Waals surface area (Å²) in [6.07, 6.45) is 1.65. The number of carbonyl (C=O) groups excluding carboxylic acids is 1. The smallest absolute Gasteiger partial charge is 0.251 e. The van der Waals surface area contributed by atoms with Crippen molar-refractivity contribution in [3.8, 4) is 0 Å². The van der Waals surface area contributed by atoms with Gasteiger partial charge in [-0.15, -0.1) is 0 Å². The maximum Gasteiger partial charge on any atom is 0.251 e. The summed E-state index contributed by atoms with van der Waals surface area (Å²) in [4.78, 5) is 14.2. The van der Waals surface area contributed by atoms with Crippen molar-refractivity contribution in [3.63, 3.8) is 0 Å². The minimum absolute atomic E-state index is 0.137. The van der Waals surface area contributed by atoms with Crippen LogP contribution in [-0.2, 0) is 16.1 Å². The number of benzene rings is 1. The summed E-state index contributed by atoms with van der Waals surface area (Å²) in [6, 6.07) is 8.21. The summed E-state index contributed by atoms with van der Waals surface area (Å²) in [7, 11) is 0. The number of rotatable bonds is 4. The van der Waals surface area contributed by atoms with Crippen LogP contribution in [0.2, 0.25) is 0 Å². The fourth-order valence-corrected chi connectivity index (χ4v) is 2.31. The lowest BCUT2D eigenvalue weighted by molar-refractivity contribution is -0.141. The van der Waals surface area contributed by atoms with Crippen LogP contribution in [0.25, 0.3) is 0 Å². The average molecular weight is 247 g/mol. The Hall–Kier alpha value is -1.35. The standard InChI is InChI=1S/C15H21NO2/c1-3-16(15(17)14-9-6-10-18-14)11-13-8-5-4-7-12(13)2/h4-5,7-8,14H,3,6,9-11H2,1-2H3. The number of hydrogen-bond donors (Lipinski definition) is 0. The molecule has 0 aromatic heterocycles. The highest BCUT2D eigenvalue weighted by Gasteiger charge is 2.27. The predicted octanol–water partition coefficient (Wildman–Crippen LogP) is 2.52. The predicted molar refractivity (Wildman–Crippen MR) is 71.2 cm³/mol. The Kier molecular flexibility index (Phi) is 4.37. The largest absolute Gasteiger partial charge is 0.368 e. The van der Waals surface area contributed by atoms with Crippen molar-refractivity contribution in [2.75, 3.05) is 13.2 Å². The molecule has 1 heterocycles. The Morgan fingerprint density at radius 3 is 2.83 bits per heavy atom. The molecule has 1 aromatic rings. The van der Waals surface area contributed by atoms with Crippen LogP contribution in [0, 0.1) is 6.92 Å². The van der Waals surface area contributed by atoms with Crippen molar-refractivity contribution >= 4 is 5.91 Å². The Labute approximate surface area is 109 Å². The lowest BCUT2D eigenvalue weighted by atomic mass is 10.1. The molecule has 0 saturated carbocycles. The molecule has 1 aromatic carbocycles. The molecule has 0 radical (unpaired) electrons. The molecule has 2 rings (SSSR count). The van der Waals surface area contributed by atoms with Gasteiger partial charge in [0.15, 0.2) is 0 Å². The molecule has 0 bridgehead atoms. The van der Waals surface area contributed by atoms with Crippen molar-refractivity contribution in [3.05, 3.63) is 35.4 Å². The zero-order valence-corrected chi connectivity index (χ0v) is 11.2. The molecule has 1 aliphatic rings. The van der Waals surface area contributed by atoms with Crippen LogP contribution in [0.3, 0.4) is 0 Å². The van der Waals surface area contributed by atoms with Gasteiger partial charge in [0.05, 0.1) is 0 Å². The van der Waals surface area contributed by atoms with E-state index in [9.17, 15) is 4.79 Å². The van der Waals surface area contributed by atoms with E-state index in [2.05, 4.69) is 19.1 Å². The van der Waals surface area contributed by atoms with Gasteiger partial charge in [0, 0.05) is 19.7 Å². The third-order valence-corrected chi connectivity index (χ3v) is 3.52. The second kappa shape index (κ2) is 6.01. The lowest BCUT2D eigenvalue weighted by Gasteiger charge is -2.24. The molecular weight excluding hydrogens is 226 g/mol. The summed E-state index contributed by atoms with van der Waals surface area (Å²) in [6.45, 7) is 6.23. The highest BCUT2D eigenvalue weighted by molar-refractivity contribution is 5.81. The number of amides is 1. The minimum Gasteiger partial charge on any atom is -0.368 e. The topological polar surface area (TPSA) is 29.5 Å². The summed E-state index contributed by atoms with van der Waals surface area (Å²) < 4.78 is 5.47. The second-order valence-corrected chi connectivity index (χ2v) is 4.78. The van der Waals surface area contributed by atoms with E-state index in [1.54, 1.807) is 0 Å². The van der Waals surface area contributed by atoms with Gasteiger partial charge in [0.1, 0.15) is 6.10 Å². The molecule has 1 aliphatic heterocycles. The Balaban J connectivity index is 2.05. The molecule has 1 saturated heterocycles. The molecule has 0 spiro atoms. The first kappa shape index (κ1) is 13.1. The van der Waals surface area contributed by atoms with Gasteiger partial charge < -0.3 is 9.64 Å². The van der Waals surface area contributed by atoms with Crippen molar-refractivity contribution in [1.82, 2.24) is 4.90 Å². The van der Waals surface area contributed by atoms with Crippen LogP contribution in [-0.4, -0.2) is 30.1 Å². The Morgan fingerprint density at radius 2 is 2.22 bits per heavy atom. The quantitative estimate of drug-likeness (QED) is 0.818. The highest BCUT2D eigenvalue weighted by atomic mass is 16.5. The van der Waals surface area contributed by atoms with Crippen LogP contribution in [0.4, 0.5) is 0 Å². The third kappa shape index (κ3) is 2.91. The van der Waals surface area contributed by atoms with Gasteiger partial charge in [0.2, 0.25) is 0 Å². The summed E-state index contributed by atoms with van der Waals surface area (Å²) in [5.41, 5.74) is 2.45. The summed E-state index contributed by atoms with van der Waals surface area (Å²) >= 11 is 0. The maximum atomic E-state index is 12.3. The average Bonchev–Trinajstić information content (AvgIpc) is 2.91. The third-order valence-electron chi connectivity index (χ3n) is 3.52. The van der Waals surface area contributed by atoms with Crippen LogP contribution in [0.1, 0.15) is 30.9 Å². The SMILES string of the molecule is CCN(Cc1ccccc1C)C(=O)C1CCCO1. The second-order valence-electron chi connectivity index (χ2n) is 4.78. The maximum absolute atomic E-state index is 12.3. The van der Waals surface area contributed by atoms with Crippen molar-refractivity contribution < 1.29 is 9.53 Å². The van der Waals surface area contributed by atoms with E-state index in [0.717, 1.165) is 26.0 Å². The van der Waals surface area contributed by atoms with Gasteiger partial charge in [-0.1, -0.05) is 24.3 Å². The van der Waals surface area contributed by atoms with Gasteiger partial charge in [-0.3, -0.25) is 4.79 Å². The van der Waals surface area contributed by atoms with E-state index >= 15 is 0 Å². The molecular formula is C15H21NO2. The van der Waals surface area contributed by atoms with E-state index in [4.69, 9.17) is 4.74 Å². The van der Waals surface area contributed by atoms with Gasteiger partial charge >= 0.3 is 0 Å². The van der Waals surface area contributed by atoms with Gasteiger partial charge in [0.25, 0.3) is 5.91 Å². The number of hydrogen-bond acceptors (Lipinski definition) is 2. The normalized spacial score (nSPS) is 18.9. The van der Waals surface area contributed by atoms with Crippen LogP contribution in [0.5, 0.6) is 0 Å². The summed E-state index contributed by atoms with van der Waals surface area (Å²) in [5, 5.41) is 0. The van der Waals surface area contributed by atoms with E-state index in [1.807, 2.05) is 24.0 Å². The molecule has 0 aliphatic carbocycles. The number of ether oxygens (including phenoxy) is 1. The van der Waals surface area contributed by atoms with Crippen molar-refractivity contribution in [1.29, 1.82) is 0 Å². The molecule has 3 heteroatoms. The molecule has 18 heavy (non-hydrogen) atoms. The van der Waals surface area contributed by atoms with Gasteiger partial charge in [-0.05, 0) is 37.8 Å². The first-order chi connectivity index (χ1) is 8.72. The molecule has 98 valence electrons. The zero-order chi connectivity index (χ0) is 13.0. The van der Waals surface area contributed by atoms with Gasteiger partial charge in [-0.2, -0.15) is 0 Å². The molecule has 1 atom stereocenters. The molecule has 1 fully saturated rings. The fourth-order valence-electron chi connectivity index (χ4n) is 2.31. The Bertz CT molecular complexity index is 411. The van der Waals surface area contributed by atoms with E-state index in [1.165, 1.54) is 11.1 Å². The van der Waals surface area contributed by atoms with E-state index < -0.39 is 0 Å². The zero-order valence-electron chi connectivity index (χ0n) is 11.2. The first-order valence-corrected chi connectivity index (χ1v) is 6.67. The van der Waals surface area contributed by atoms with Gasteiger partial charge in [-0.25, -0.2) is 0 Å². The highest BCUT2D eigenvalue weighted by Crippen LogP contribution is 2.17. The lowest BCUT2D eigenvalue weighted by Crippen LogP contribution is -2.38. The Morgan fingerprint density at radius 1 is 1.44 bits per heavy atom. The van der Waals surface area contributed by atoms with E-state index in [0.29, 0.717) is 6.54 Å². The summed E-state index contributed by atoms with van der Waals surface area (Å²) in [5.74, 6) is 0.137. The first-order valence-electron chi connectivity index (χ1n) is 6.67. The molecule has 1 amide bonds. The van der Waals surface area contributed by atoms with E-state index in [-0.39, 0.29) is 12.0 Å². The number of likely N-dealkylation sites (N-methyl/N-ethyl adjacent to an activating group) is 1. The van der Waals surface area contributed by atoms with Crippen molar-refractivity contribution in [2.45, 2.75) is 39.3 Å². The number of carbonyl (C=O) groups is 1. The monoisotopic (exact) mass is 247 g/mol. The van der Waals surface area contributed by atoms with Crippen LogP contribution in [0.15, 0.2) is 24.3 Å². The molecule has 3 nitrogen and oxygen atoms in total. The number of aryl methyl sites for hydroxylation is 1. The number of nitrogens with zero attached hydrogens (tertiary/aromatic N) is 1. The van der Waals surface area contributed by atoms with Crippen LogP contribution >= 0.6 is 0 Å². The minimum atomic E-state index is -0.214. The van der Waals surface area contributed by atoms with Crippen molar-refractivity contribution in [2.24, 2.45) is 0 Å².